The molecule has 0 spiro atoms. The second-order valence-electron chi connectivity index (χ2n) is 5.39. The Kier molecular flexibility index (Phi) is 5.57. The maximum Gasteiger partial charge on any atom is 0.205 e. The van der Waals surface area contributed by atoms with Crippen LogP contribution < -0.4 is 4.74 Å². The smallest absolute Gasteiger partial charge is 0.205 e. The van der Waals surface area contributed by atoms with Crippen LogP contribution in [0, 0.1) is 11.3 Å². The lowest BCUT2D eigenvalue weighted by Crippen LogP contribution is -2.31. The first-order valence-corrected chi connectivity index (χ1v) is 9.33. The number of nitrogens with zero attached hydrogens (tertiary/aromatic N) is 1. The van der Waals surface area contributed by atoms with Gasteiger partial charge < -0.3 is 14.2 Å². The third-order valence-electron chi connectivity index (χ3n) is 3.74. The molecule has 4 nitrogen and oxygen atoms in total. The lowest BCUT2D eigenvalue weighted by Gasteiger charge is -2.26. The molecule has 2 aromatic rings. The molecule has 1 aliphatic rings. The minimum absolute atomic E-state index is 0.165. The summed E-state index contributed by atoms with van der Waals surface area (Å²) in [5, 5.41) is 9.41. The van der Waals surface area contributed by atoms with E-state index in [1.54, 1.807) is 12.1 Å². The third kappa shape index (κ3) is 3.81. The van der Waals surface area contributed by atoms with Crippen LogP contribution in [0.1, 0.15) is 11.1 Å². The number of hydrogen-bond donors (Lipinski definition) is 0. The summed E-state index contributed by atoms with van der Waals surface area (Å²) >= 11 is 6.87. The van der Waals surface area contributed by atoms with Crippen molar-refractivity contribution in [3.05, 3.63) is 64.1 Å². The van der Waals surface area contributed by atoms with Gasteiger partial charge >= 0.3 is 0 Å². The Morgan fingerprint density at radius 3 is 2.50 bits per heavy atom. The monoisotopic (exact) mass is 451 g/mol. The molecule has 0 N–H and O–H groups in total. The Morgan fingerprint density at radius 1 is 1.17 bits per heavy atom. The highest BCUT2D eigenvalue weighted by atomic mass is 79.9. The van der Waals surface area contributed by atoms with Crippen molar-refractivity contribution in [2.24, 2.45) is 0 Å². The summed E-state index contributed by atoms with van der Waals surface area (Å²) in [6.07, 6.45) is -0.165. The second-order valence-corrected chi connectivity index (χ2v) is 6.87. The number of halogens is 2. The fraction of sp³-hybridized carbons (Fsp3) is 0.278. The van der Waals surface area contributed by atoms with E-state index in [1.165, 1.54) is 0 Å². The van der Waals surface area contributed by atoms with Crippen molar-refractivity contribution in [1.29, 1.82) is 5.26 Å². The molecular formula is C18H15Br2NO3. The van der Waals surface area contributed by atoms with Crippen molar-refractivity contribution in [2.75, 3.05) is 18.5 Å². The molecule has 0 aliphatic carbocycles. The summed E-state index contributed by atoms with van der Waals surface area (Å²) in [5.74, 6) is -0.0571. The maximum absolute atomic E-state index is 8.91. The normalized spacial score (nSPS) is 23.0. The van der Waals surface area contributed by atoms with Crippen molar-refractivity contribution < 1.29 is 14.2 Å². The van der Waals surface area contributed by atoms with E-state index in [0.717, 1.165) is 15.8 Å². The zero-order valence-electron chi connectivity index (χ0n) is 12.7. The van der Waals surface area contributed by atoms with Gasteiger partial charge in [-0.05, 0) is 36.4 Å². The first kappa shape index (κ1) is 17.4. The molecule has 3 rings (SSSR count). The minimum Gasteiger partial charge on any atom is -0.491 e. The fourth-order valence-corrected chi connectivity index (χ4v) is 3.35. The van der Waals surface area contributed by atoms with Gasteiger partial charge in [-0.15, -0.1) is 0 Å². The maximum atomic E-state index is 8.91. The van der Waals surface area contributed by atoms with E-state index in [2.05, 4.69) is 37.9 Å². The number of ether oxygens (including phenoxy) is 3. The highest BCUT2D eigenvalue weighted by Crippen LogP contribution is 2.36. The predicted molar refractivity (Wildman–Crippen MR) is 97.1 cm³/mol. The first-order valence-electron chi connectivity index (χ1n) is 7.42. The van der Waals surface area contributed by atoms with Crippen molar-refractivity contribution in [1.82, 2.24) is 0 Å². The number of alkyl halides is 1. The fourth-order valence-electron chi connectivity index (χ4n) is 2.46. The van der Waals surface area contributed by atoms with Gasteiger partial charge in [0.05, 0.1) is 23.6 Å². The summed E-state index contributed by atoms with van der Waals surface area (Å²) in [5.41, 5.74) is 1.49. The summed E-state index contributed by atoms with van der Waals surface area (Å²) in [7, 11) is 0. The van der Waals surface area contributed by atoms with Gasteiger partial charge in [-0.3, -0.25) is 0 Å². The van der Waals surface area contributed by atoms with Crippen molar-refractivity contribution in [2.45, 2.75) is 11.9 Å². The Balaban J connectivity index is 1.65. The summed E-state index contributed by atoms with van der Waals surface area (Å²) in [6, 6.07) is 17.0. The van der Waals surface area contributed by atoms with Crippen LogP contribution in [0.25, 0.3) is 0 Å². The van der Waals surface area contributed by atoms with Gasteiger partial charge in [0.2, 0.25) is 5.79 Å². The SMILES string of the molecule is N#Cc1ccc(C2(CBr)OCC(COc3ccc(Br)cc3)O2)cc1. The van der Waals surface area contributed by atoms with Gasteiger partial charge in [0.15, 0.2) is 0 Å². The molecule has 6 heteroatoms. The van der Waals surface area contributed by atoms with Gasteiger partial charge in [0, 0.05) is 10.0 Å². The van der Waals surface area contributed by atoms with E-state index in [1.807, 2.05) is 36.4 Å². The predicted octanol–water partition coefficient (Wildman–Crippen LogP) is 4.36. The lowest BCUT2D eigenvalue weighted by atomic mass is 10.1. The second kappa shape index (κ2) is 7.66. The lowest BCUT2D eigenvalue weighted by molar-refractivity contribution is -0.159. The molecule has 0 radical (unpaired) electrons. The van der Waals surface area contributed by atoms with E-state index in [0.29, 0.717) is 24.1 Å². The van der Waals surface area contributed by atoms with Gasteiger partial charge in [-0.1, -0.05) is 44.0 Å². The van der Waals surface area contributed by atoms with Crippen LogP contribution in [0.15, 0.2) is 53.0 Å². The van der Waals surface area contributed by atoms with Crippen LogP contribution in [0.5, 0.6) is 5.75 Å². The van der Waals surface area contributed by atoms with E-state index in [-0.39, 0.29) is 6.10 Å². The van der Waals surface area contributed by atoms with Crippen molar-refractivity contribution in [3.8, 4) is 11.8 Å². The summed E-state index contributed by atoms with van der Waals surface area (Å²) < 4.78 is 18.8. The summed E-state index contributed by atoms with van der Waals surface area (Å²) in [4.78, 5) is 0. The molecule has 1 fully saturated rings. The van der Waals surface area contributed by atoms with Crippen LogP contribution in [0.4, 0.5) is 0 Å². The van der Waals surface area contributed by atoms with E-state index in [4.69, 9.17) is 19.5 Å². The molecule has 1 saturated heterocycles. The average Bonchev–Trinajstić information content (AvgIpc) is 3.06. The molecular weight excluding hydrogens is 438 g/mol. The van der Waals surface area contributed by atoms with Crippen LogP contribution >= 0.6 is 31.9 Å². The van der Waals surface area contributed by atoms with E-state index < -0.39 is 5.79 Å². The zero-order chi connectivity index (χ0) is 17.0. The molecule has 24 heavy (non-hydrogen) atoms. The molecule has 0 saturated carbocycles. The minimum atomic E-state index is -0.846. The van der Waals surface area contributed by atoms with Crippen molar-refractivity contribution >= 4 is 31.9 Å². The van der Waals surface area contributed by atoms with Crippen LogP contribution in [-0.4, -0.2) is 24.6 Å². The molecule has 2 atom stereocenters. The number of rotatable bonds is 5. The van der Waals surface area contributed by atoms with E-state index >= 15 is 0 Å². The number of nitriles is 1. The van der Waals surface area contributed by atoms with E-state index in [9.17, 15) is 0 Å². The van der Waals surface area contributed by atoms with Gasteiger partial charge in [0.25, 0.3) is 0 Å². The molecule has 2 unspecified atom stereocenters. The highest BCUT2D eigenvalue weighted by molar-refractivity contribution is 9.10. The largest absolute Gasteiger partial charge is 0.491 e. The molecule has 1 heterocycles. The molecule has 0 amide bonds. The number of hydrogen-bond acceptors (Lipinski definition) is 4. The first-order chi connectivity index (χ1) is 11.6. The average molecular weight is 453 g/mol. The van der Waals surface area contributed by atoms with Gasteiger partial charge in [-0.25, -0.2) is 0 Å². The molecule has 0 aromatic heterocycles. The third-order valence-corrected chi connectivity index (χ3v) is 5.01. The van der Waals surface area contributed by atoms with Crippen LogP contribution in [-0.2, 0) is 15.3 Å². The Morgan fingerprint density at radius 2 is 1.88 bits per heavy atom. The molecule has 2 aromatic carbocycles. The highest BCUT2D eigenvalue weighted by Gasteiger charge is 2.42. The topological polar surface area (TPSA) is 51.5 Å². The van der Waals surface area contributed by atoms with Crippen molar-refractivity contribution in [3.63, 3.8) is 0 Å². The molecule has 0 bridgehead atoms. The molecule has 1 aliphatic heterocycles. The zero-order valence-corrected chi connectivity index (χ0v) is 15.9. The van der Waals surface area contributed by atoms with Gasteiger partial charge in [-0.2, -0.15) is 5.26 Å². The van der Waals surface area contributed by atoms with Gasteiger partial charge in [0.1, 0.15) is 18.5 Å². The Bertz CT molecular complexity index is 727. The standard InChI is InChI=1S/C18H15Br2NO3/c19-12-18(14-3-1-13(9-21)2-4-14)23-11-17(24-18)10-22-16-7-5-15(20)6-8-16/h1-8,17H,10-12H2. The van der Waals surface area contributed by atoms with Crippen LogP contribution in [0.3, 0.4) is 0 Å². The molecule has 124 valence electrons. The van der Waals surface area contributed by atoms with Crippen LogP contribution in [0.2, 0.25) is 0 Å². The quantitative estimate of drug-likeness (QED) is 0.632. The Hall–Kier alpha value is -1.39. The summed E-state index contributed by atoms with van der Waals surface area (Å²) in [6.45, 7) is 0.856. The number of benzene rings is 2. The Labute approximate surface area is 157 Å².